The number of amides is 3. The summed E-state index contributed by atoms with van der Waals surface area (Å²) in [6, 6.07) is 18.4. The zero-order chi connectivity index (χ0) is 21.8. The van der Waals surface area contributed by atoms with Crippen LogP contribution < -0.4 is 5.32 Å². The minimum atomic E-state index is -0.885. The van der Waals surface area contributed by atoms with Gasteiger partial charge in [0, 0.05) is 43.6 Å². The van der Waals surface area contributed by atoms with Crippen LogP contribution in [0.25, 0.3) is 10.9 Å². The van der Waals surface area contributed by atoms with Crippen molar-refractivity contribution in [1.82, 2.24) is 20.1 Å². The molecule has 2 aromatic carbocycles. The molecule has 4 rings (SSSR count). The summed E-state index contributed by atoms with van der Waals surface area (Å²) < 4.78 is 0. The Morgan fingerprint density at radius 1 is 0.935 bits per heavy atom. The largest absolute Gasteiger partial charge is 0.387 e. The first kappa shape index (κ1) is 20.6. The van der Waals surface area contributed by atoms with Crippen molar-refractivity contribution in [2.75, 3.05) is 32.7 Å². The van der Waals surface area contributed by atoms with E-state index in [2.05, 4.69) is 10.3 Å². The summed E-state index contributed by atoms with van der Waals surface area (Å²) in [6.45, 7) is 1.20. The Morgan fingerprint density at radius 3 is 2.29 bits per heavy atom. The van der Waals surface area contributed by atoms with Gasteiger partial charge in [-0.15, -0.1) is 0 Å². The molecular formula is C23H24N4O4. The molecule has 0 aliphatic carbocycles. The summed E-state index contributed by atoms with van der Waals surface area (Å²) in [5, 5.41) is 13.6. The van der Waals surface area contributed by atoms with Crippen molar-refractivity contribution in [1.29, 1.82) is 0 Å². The number of benzene rings is 2. The number of rotatable bonds is 4. The van der Waals surface area contributed by atoms with Crippen molar-refractivity contribution in [3.05, 3.63) is 71.9 Å². The molecule has 3 N–H and O–H groups in total. The fraction of sp³-hybridized carbons (Fsp3) is 0.261. The quantitative estimate of drug-likeness (QED) is 0.553. The second-order valence-corrected chi connectivity index (χ2v) is 7.49. The molecule has 0 radical (unpaired) electrons. The number of H-pyrrole nitrogens is 1. The van der Waals surface area contributed by atoms with E-state index in [1.165, 1.54) is 4.90 Å². The highest BCUT2D eigenvalue weighted by molar-refractivity contribution is 6.35. The number of carbonyl (C=O) groups is 3. The molecule has 1 fully saturated rings. The molecule has 1 atom stereocenters. The van der Waals surface area contributed by atoms with Gasteiger partial charge in [-0.1, -0.05) is 48.5 Å². The van der Waals surface area contributed by atoms with Crippen molar-refractivity contribution in [3.63, 3.8) is 0 Å². The number of hydrogen-bond acceptors (Lipinski definition) is 4. The minimum absolute atomic E-state index is 0.0482. The first-order chi connectivity index (χ1) is 15.0. The summed E-state index contributed by atoms with van der Waals surface area (Å²) in [4.78, 5) is 43.7. The highest BCUT2D eigenvalue weighted by atomic mass is 16.3. The molecule has 3 amide bonds. The number of carbonyl (C=O) groups excluding carboxylic acids is 3. The number of aromatic nitrogens is 1. The molecule has 1 aliphatic rings. The van der Waals surface area contributed by atoms with Crippen LogP contribution in [-0.4, -0.2) is 70.3 Å². The van der Waals surface area contributed by atoms with Gasteiger partial charge in [-0.2, -0.15) is 0 Å². The van der Waals surface area contributed by atoms with Gasteiger partial charge in [0.15, 0.2) is 0 Å². The molecule has 160 valence electrons. The van der Waals surface area contributed by atoms with Gasteiger partial charge < -0.3 is 25.2 Å². The zero-order valence-corrected chi connectivity index (χ0v) is 17.0. The number of aliphatic hydroxyl groups excluding tert-OH is 1. The van der Waals surface area contributed by atoms with Gasteiger partial charge in [0.05, 0.1) is 6.10 Å². The third-order valence-corrected chi connectivity index (χ3v) is 5.45. The number of nitrogens with zero attached hydrogens (tertiary/aromatic N) is 2. The van der Waals surface area contributed by atoms with Gasteiger partial charge in [0.1, 0.15) is 5.69 Å². The highest BCUT2D eigenvalue weighted by Crippen LogP contribution is 2.17. The predicted molar refractivity (Wildman–Crippen MR) is 115 cm³/mol. The maximum Gasteiger partial charge on any atom is 0.312 e. The van der Waals surface area contributed by atoms with Crippen molar-refractivity contribution in [3.8, 4) is 0 Å². The lowest BCUT2D eigenvalue weighted by atomic mass is 10.1. The number of aromatic amines is 1. The lowest BCUT2D eigenvalue weighted by molar-refractivity contribution is -0.147. The summed E-state index contributed by atoms with van der Waals surface area (Å²) >= 11 is 0. The van der Waals surface area contributed by atoms with Crippen LogP contribution in [0.5, 0.6) is 0 Å². The van der Waals surface area contributed by atoms with E-state index in [0.29, 0.717) is 24.3 Å². The third kappa shape index (κ3) is 4.59. The third-order valence-electron chi connectivity index (χ3n) is 5.45. The van der Waals surface area contributed by atoms with Crippen LogP contribution in [0.4, 0.5) is 0 Å². The molecule has 3 aromatic rings. The number of para-hydroxylation sites is 1. The number of piperazine rings is 1. The van der Waals surface area contributed by atoms with Gasteiger partial charge in [0.25, 0.3) is 5.91 Å². The van der Waals surface area contributed by atoms with E-state index in [9.17, 15) is 19.5 Å². The molecular weight excluding hydrogens is 396 g/mol. The highest BCUT2D eigenvalue weighted by Gasteiger charge is 2.29. The molecule has 8 nitrogen and oxygen atoms in total. The van der Waals surface area contributed by atoms with Crippen LogP contribution in [0.15, 0.2) is 60.7 Å². The average Bonchev–Trinajstić information content (AvgIpc) is 3.26. The summed E-state index contributed by atoms with van der Waals surface area (Å²) in [6.07, 6.45) is -0.885. The predicted octanol–water partition coefficient (Wildman–Crippen LogP) is 1.30. The van der Waals surface area contributed by atoms with E-state index < -0.39 is 17.9 Å². The Hall–Kier alpha value is -3.65. The van der Waals surface area contributed by atoms with E-state index in [1.807, 2.05) is 36.4 Å². The van der Waals surface area contributed by atoms with Gasteiger partial charge in [-0.05, 0) is 17.7 Å². The lowest BCUT2D eigenvalue weighted by Crippen LogP contribution is -2.54. The van der Waals surface area contributed by atoms with Gasteiger partial charge in [-0.3, -0.25) is 14.4 Å². The summed E-state index contributed by atoms with van der Waals surface area (Å²) in [5.41, 5.74) is 2.07. The molecule has 2 heterocycles. The molecule has 8 heteroatoms. The SMILES string of the molecule is O=C(NCC(O)c1ccccc1)C(=O)N1CCN(C(=O)c2cc3ccccc3[nH]2)CC1. The number of hydrogen-bond donors (Lipinski definition) is 3. The minimum Gasteiger partial charge on any atom is -0.387 e. The van der Waals surface area contributed by atoms with E-state index in [1.54, 1.807) is 29.2 Å². The average molecular weight is 420 g/mol. The Balaban J connectivity index is 1.28. The van der Waals surface area contributed by atoms with Crippen LogP contribution in [0.1, 0.15) is 22.2 Å². The van der Waals surface area contributed by atoms with E-state index >= 15 is 0 Å². The summed E-state index contributed by atoms with van der Waals surface area (Å²) in [7, 11) is 0. The Kier molecular flexibility index (Phi) is 5.99. The topological polar surface area (TPSA) is 106 Å². The van der Waals surface area contributed by atoms with E-state index in [-0.39, 0.29) is 25.5 Å². The number of nitrogens with one attached hydrogen (secondary N) is 2. The monoisotopic (exact) mass is 420 g/mol. The smallest absolute Gasteiger partial charge is 0.312 e. The van der Waals surface area contributed by atoms with Crippen LogP contribution in [-0.2, 0) is 9.59 Å². The van der Waals surface area contributed by atoms with Crippen molar-refractivity contribution >= 4 is 28.6 Å². The Labute approximate surface area is 179 Å². The first-order valence-electron chi connectivity index (χ1n) is 10.2. The fourth-order valence-electron chi connectivity index (χ4n) is 3.67. The van der Waals surface area contributed by atoms with Gasteiger partial charge >= 0.3 is 11.8 Å². The molecule has 1 aliphatic heterocycles. The molecule has 1 aromatic heterocycles. The van der Waals surface area contributed by atoms with Crippen LogP contribution in [0, 0.1) is 0 Å². The van der Waals surface area contributed by atoms with Crippen molar-refractivity contribution in [2.45, 2.75) is 6.10 Å². The lowest BCUT2D eigenvalue weighted by Gasteiger charge is -2.34. The normalized spacial score (nSPS) is 15.0. The van der Waals surface area contributed by atoms with Gasteiger partial charge in [-0.25, -0.2) is 0 Å². The molecule has 0 bridgehead atoms. The fourth-order valence-corrected chi connectivity index (χ4v) is 3.67. The zero-order valence-electron chi connectivity index (χ0n) is 17.0. The van der Waals surface area contributed by atoms with E-state index in [0.717, 1.165) is 10.9 Å². The van der Waals surface area contributed by atoms with Crippen LogP contribution >= 0.6 is 0 Å². The molecule has 1 saturated heterocycles. The molecule has 1 unspecified atom stereocenters. The standard InChI is InChI=1S/C23H24N4O4/c28-20(16-6-2-1-3-7-16)15-24-21(29)23(31)27-12-10-26(11-13-27)22(30)19-14-17-8-4-5-9-18(17)25-19/h1-9,14,20,25,28H,10-13,15H2,(H,24,29). The van der Waals surface area contributed by atoms with Crippen LogP contribution in [0.3, 0.4) is 0 Å². The molecule has 31 heavy (non-hydrogen) atoms. The van der Waals surface area contributed by atoms with E-state index in [4.69, 9.17) is 0 Å². The molecule has 0 saturated carbocycles. The Morgan fingerprint density at radius 2 is 1.58 bits per heavy atom. The first-order valence-corrected chi connectivity index (χ1v) is 10.2. The second kappa shape index (κ2) is 9.01. The molecule has 0 spiro atoms. The number of aliphatic hydroxyl groups is 1. The second-order valence-electron chi connectivity index (χ2n) is 7.49. The van der Waals surface area contributed by atoms with Crippen molar-refractivity contribution in [2.24, 2.45) is 0 Å². The maximum absolute atomic E-state index is 12.8. The van der Waals surface area contributed by atoms with Crippen molar-refractivity contribution < 1.29 is 19.5 Å². The summed E-state index contributed by atoms with van der Waals surface area (Å²) in [5.74, 6) is -1.54. The maximum atomic E-state index is 12.8. The van der Waals surface area contributed by atoms with Crippen LogP contribution in [0.2, 0.25) is 0 Å². The van der Waals surface area contributed by atoms with Gasteiger partial charge in [0.2, 0.25) is 0 Å². The Bertz CT molecular complexity index is 1050. The number of fused-ring (bicyclic) bond motifs is 1.